The summed E-state index contributed by atoms with van der Waals surface area (Å²) in [4.78, 5) is 26.3. The lowest BCUT2D eigenvalue weighted by atomic mass is 9.83. The molecule has 5 rings (SSSR count). The van der Waals surface area contributed by atoms with Gasteiger partial charge in [-0.15, -0.1) is 0 Å². The number of ether oxygens (including phenoxy) is 2. The van der Waals surface area contributed by atoms with Crippen LogP contribution in [0.25, 0.3) is 11.0 Å². The minimum Gasteiger partial charge on any atom is -0.494 e. The summed E-state index contributed by atoms with van der Waals surface area (Å²) in [5, 5.41) is 3.62. The largest absolute Gasteiger partial charge is 0.494 e. The molecule has 1 aromatic heterocycles. The third-order valence-electron chi connectivity index (χ3n) is 7.05. The molecule has 0 radical (unpaired) electrons. The third-order valence-corrected chi connectivity index (χ3v) is 7.05. The number of carbonyl (C=O) groups excluding carboxylic acids is 2. The number of nitrogens with one attached hydrogen (secondary N) is 1. The molecule has 0 bridgehead atoms. The van der Waals surface area contributed by atoms with E-state index in [2.05, 4.69) is 5.32 Å². The number of aryl methyl sites for hydroxylation is 1. The van der Waals surface area contributed by atoms with Crippen LogP contribution in [0.4, 0.5) is 0 Å². The molecule has 6 heteroatoms. The Morgan fingerprint density at radius 3 is 2.50 bits per heavy atom. The Hall–Kier alpha value is -3.28. The van der Waals surface area contributed by atoms with Gasteiger partial charge in [0.1, 0.15) is 22.7 Å². The fourth-order valence-electron chi connectivity index (χ4n) is 5.34. The number of benzene rings is 2. The summed E-state index contributed by atoms with van der Waals surface area (Å²) in [6.07, 6.45) is 6.80. The summed E-state index contributed by atoms with van der Waals surface area (Å²) in [6, 6.07) is 11.3. The van der Waals surface area contributed by atoms with Crippen LogP contribution >= 0.6 is 0 Å². The second-order valence-electron chi connectivity index (χ2n) is 9.43. The monoisotopic (exact) mass is 461 g/mol. The minimum atomic E-state index is -0.385. The molecule has 1 aliphatic heterocycles. The van der Waals surface area contributed by atoms with Gasteiger partial charge >= 0.3 is 0 Å². The second-order valence-corrected chi connectivity index (χ2v) is 9.43. The third kappa shape index (κ3) is 4.17. The van der Waals surface area contributed by atoms with E-state index in [9.17, 15) is 9.59 Å². The van der Waals surface area contributed by atoms with Crippen molar-refractivity contribution in [3.8, 4) is 11.5 Å². The number of rotatable bonds is 5. The Kier molecular flexibility index (Phi) is 6.07. The van der Waals surface area contributed by atoms with Gasteiger partial charge in [-0.05, 0) is 69.4 Å². The molecule has 1 N–H and O–H groups in total. The van der Waals surface area contributed by atoms with Crippen molar-refractivity contribution in [1.82, 2.24) is 5.32 Å². The van der Waals surface area contributed by atoms with Crippen LogP contribution in [0, 0.1) is 6.92 Å². The Balaban J connectivity index is 1.39. The quantitative estimate of drug-likeness (QED) is 0.495. The van der Waals surface area contributed by atoms with Gasteiger partial charge in [0.05, 0.1) is 18.6 Å². The van der Waals surface area contributed by atoms with Crippen LogP contribution in [0.2, 0.25) is 0 Å². The highest BCUT2D eigenvalue weighted by atomic mass is 16.5. The van der Waals surface area contributed by atoms with Gasteiger partial charge in [-0.25, -0.2) is 0 Å². The van der Waals surface area contributed by atoms with Crippen molar-refractivity contribution in [2.24, 2.45) is 0 Å². The van der Waals surface area contributed by atoms with Gasteiger partial charge < -0.3 is 19.2 Å². The number of ketones is 1. The predicted octanol–water partition coefficient (Wildman–Crippen LogP) is 6.13. The zero-order valence-corrected chi connectivity index (χ0v) is 19.9. The van der Waals surface area contributed by atoms with E-state index in [1.807, 2.05) is 50.2 Å². The van der Waals surface area contributed by atoms with Gasteiger partial charge in [-0.3, -0.25) is 9.59 Å². The van der Waals surface area contributed by atoms with E-state index in [-0.39, 0.29) is 23.1 Å². The van der Waals surface area contributed by atoms with Crippen LogP contribution in [0.15, 0.2) is 40.8 Å². The summed E-state index contributed by atoms with van der Waals surface area (Å²) >= 11 is 0. The molecule has 2 heterocycles. The fraction of sp³-hybridized carbons (Fsp3) is 0.429. The van der Waals surface area contributed by atoms with E-state index in [1.54, 1.807) is 0 Å². The Morgan fingerprint density at radius 2 is 1.79 bits per heavy atom. The smallest absolute Gasteiger partial charge is 0.287 e. The number of fused-ring (bicyclic) bond motifs is 3. The van der Waals surface area contributed by atoms with Crippen LogP contribution in [0.1, 0.15) is 83.9 Å². The van der Waals surface area contributed by atoms with Crippen molar-refractivity contribution in [3.63, 3.8) is 0 Å². The van der Waals surface area contributed by atoms with E-state index in [1.165, 1.54) is 12.8 Å². The summed E-state index contributed by atoms with van der Waals surface area (Å²) in [5.74, 6) is 1.43. The first-order valence-electron chi connectivity index (χ1n) is 12.3. The Labute approximate surface area is 199 Å². The standard InChI is InChI=1S/C28H31NO5/c1-3-32-20-10-8-19(9-11-20)17-29-27(31)26-18(2)24-22(33-26)12-13-23-25(24)21(30)16-28(34-23)14-6-4-5-7-15-28/h8-13H,3-7,14-17H2,1-2H3,(H,29,31). The Morgan fingerprint density at radius 1 is 1.06 bits per heavy atom. The minimum absolute atomic E-state index is 0.0824. The molecular formula is C28H31NO5. The molecule has 1 saturated carbocycles. The lowest BCUT2D eigenvalue weighted by Gasteiger charge is -2.37. The number of hydrogen-bond donors (Lipinski definition) is 1. The normalized spacial score (nSPS) is 17.2. The Bertz CT molecular complexity index is 1220. The average Bonchev–Trinajstić information content (AvgIpc) is 3.01. The molecule has 6 nitrogen and oxygen atoms in total. The van der Waals surface area contributed by atoms with Gasteiger partial charge in [0.25, 0.3) is 5.91 Å². The van der Waals surface area contributed by atoms with Crippen molar-refractivity contribution in [3.05, 3.63) is 58.8 Å². The molecule has 2 aliphatic rings. The fourth-order valence-corrected chi connectivity index (χ4v) is 5.34. The maximum atomic E-state index is 13.4. The topological polar surface area (TPSA) is 77.8 Å². The maximum absolute atomic E-state index is 13.4. The van der Waals surface area contributed by atoms with Gasteiger partial charge in [0.15, 0.2) is 11.5 Å². The van der Waals surface area contributed by atoms with Crippen LogP contribution in [-0.2, 0) is 6.54 Å². The molecule has 34 heavy (non-hydrogen) atoms. The average molecular weight is 462 g/mol. The summed E-state index contributed by atoms with van der Waals surface area (Å²) in [7, 11) is 0. The molecule has 1 fully saturated rings. The van der Waals surface area contributed by atoms with E-state index in [4.69, 9.17) is 13.9 Å². The number of furan rings is 1. The molecule has 1 spiro atoms. The van der Waals surface area contributed by atoms with Crippen molar-refractivity contribution >= 4 is 22.7 Å². The number of carbonyl (C=O) groups is 2. The van der Waals surface area contributed by atoms with E-state index in [0.29, 0.717) is 47.4 Å². The molecule has 0 atom stereocenters. The highest BCUT2D eigenvalue weighted by Crippen LogP contribution is 2.44. The van der Waals surface area contributed by atoms with Crippen molar-refractivity contribution in [1.29, 1.82) is 0 Å². The maximum Gasteiger partial charge on any atom is 0.287 e. The lowest BCUT2D eigenvalue weighted by Crippen LogP contribution is -2.41. The predicted molar refractivity (Wildman–Crippen MR) is 130 cm³/mol. The lowest BCUT2D eigenvalue weighted by molar-refractivity contribution is 0.0301. The van der Waals surface area contributed by atoms with E-state index >= 15 is 0 Å². The number of Topliss-reactive ketones (excluding diaryl/α,β-unsaturated/α-hetero) is 1. The summed E-state index contributed by atoms with van der Waals surface area (Å²) in [6.45, 7) is 4.75. The highest BCUT2D eigenvalue weighted by Gasteiger charge is 2.42. The molecular weight excluding hydrogens is 430 g/mol. The van der Waals surface area contributed by atoms with E-state index in [0.717, 1.165) is 37.0 Å². The molecule has 3 aromatic rings. The van der Waals surface area contributed by atoms with Crippen LogP contribution < -0.4 is 14.8 Å². The number of hydrogen-bond acceptors (Lipinski definition) is 5. The summed E-state index contributed by atoms with van der Waals surface area (Å²) < 4.78 is 17.9. The molecule has 1 amide bonds. The van der Waals surface area contributed by atoms with Crippen LogP contribution in [0.3, 0.4) is 0 Å². The second kappa shape index (κ2) is 9.16. The molecule has 0 saturated heterocycles. The molecule has 1 aliphatic carbocycles. The van der Waals surface area contributed by atoms with E-state index < -0.39 is 0 Å². The first-order chi connectivity index (χ1) is 16.5. The SMILES string of the molecule is CCOc1ccc(CNC(=O)c2oc3ccc4c(c3c2C)C(=O)CC2(CCCCCC2)O4)cc1. The summed E-state index contributed by atoms with van der Waals surface area (Å²) in [5.41, 5.74) is 2.34. The van der Waals surface area contributed by atoms with Gasteiger partial charge in [0.2, 0.25) is 0 Å². The van der Waals surface area contributed by atoms with Crippen LogP contribution in [-0.4, -0.2) is 23.9 Å². The van der Waals surface area contributed by atoms with Crippen LogP contribution in [0.5, 0.6) is 11.5 Å². The zero-order valence-electron chi connectivity index (χ0n) is 19.9. The van der Waals surface area contributed by atoms with Crippen molar-refractivity contribution in [2.75, 3.05) is 6.61 Å². The van der Waals surface area contributed by atoms with Crippen molar-refractivity contribution < 1.29 is 23.5 Å². The zero-order chi connectivity index (χ0) is 23.7. The molecule has 178 valence electrons. The first kappa shape index (κ1) is 22.5. The number of amides is 1. The first-order valence-corrected chi connectivity index (χ1v) is 12.3. The molecule has 2 aromatic carbocycles. The van der Waals surface area contributed by atoms with Gasteiger partial charge in [0, 0.05) is 17.5 Å². The highest BCUT2D eigenvalue weighted by molar-refractivity contribution is 6.13. The molecule has 0 unspecified atom stereocenters. The van der Waals surface area contributed by atoms with Gasteiger partial charge in [-0.2, -0.15) is 0 Å². The van der Waals surface area contributed by atoms with Crippen molar-refractivity contribution in [2.45, 2.75) is 70.9 Å². The van der Waals surface area contributed by atoms with Gasteiger partial charge in [-0.1, -0.05) is 25.0 Å².